The Morgan fingerprint density at radius 3 is 2.55 bits per heavy atom. The van der Waals surface area contributed by atoms with Gasteiger partial charge in [-0.25, -0.2) is 0 Å². The monoisotopic (exact) mass is 273 g/mol. The van der Waals surface area contributed by atoms with E-state index in [1.165, 1.54) is 37.7 Å². The lowest BCUT2D eigenvalue weighted by Gasteiger charge is -2.05. The molecule has 0 radical (unpaired) electrons. The standard InChI is InChI=1S/C18H27NO/c1-2-3-4-5-6-10-13-19-18(20)17-14-16(17)15-11-8-7-9-12-15/h7-9,11-12,16-17H,2-6,10,13-14H2,1H3,(H,19,20)/t16-,17-/m1/s1. The van der Waals surface area contributed by atoms with Gasteiger partial charge in [-0.15, -0.1) is 0 Å². The molecule has 0 unspecified atom stereocenters. The van der Waals surface area contributed by atoms with Crippen molar-refractivity contribution in [1.82, 2.24) is 5.32 Å². The van der Waals surface area contributed by atoms with Crippen LogP contribution in [0.2, 0.25) is 0 Å². The van der Waals surface area contributed by atoms with Gasteiger partial charge in [0.25, 0.3) is 0 Å². The quantitative estimate of drug-likeness (QED) is 0.669. The highest BCUT2D eigenvalue weighted by Gasteiger charge is 2.43. The predicted molar refractivity (Wildman–Crippen MR) is 83.7 cm³/mol. The number of carbonyl (C=O) groups excluding carboxylic acids is 1. The van der Waals surface area contributed by atoms with Gasteiger partial charge in [0.05, 0.1) is 0 Å². The fourth-order valence-electron chi connectivity index (χ4n) is 2.80. The van der Waals surface area contributed by atoms with Crippen LogP contribution in [0, 0.1) is 5.92 Å². The normalized spacial score (nSPS) is 20.6. The van der Waals surface area contributed by atoms with Crippen molar-refractivity contribution in [2.75, 3.05) is 6.54 Å². The molecule has 1 aromatic carbocycles. The first kappa shape index (κ1) is 15.1. The Morgan fingerprint density at radius 1 is 1.10 bits per heavy atom. The molecule has 2 heteroatoms. The number of hydrogen-bond acceptors (Lipinski definition) is 1. The van der Waals surface area contributed by atoms with Gasteiger partial charge >= 0.3 is 0 Å². The van der Waals surface area contributed by atoms with Gasteiger partial charge in [-0.1, -0.05) is 69.4 Å². The van der Waals surface area contributed by atoms with Crippen molar-refractivity contribution >= 4 is 5.91 Å². The summed E-state index contributed by atoms with van der Waals surface area (Å²) in [6, 6.07) is 10.4. The van der Waals surface area contributed by atoms with E-state index >= 15 is 0 Å². The van der Waals surface area contributed by atoms with Gasteiger partial charge in [-0.2, -0.15) is 0 Å². The second-order valence-electron chi connectivity index (χ2n) is 5.92. The van der Waals surface area contributed by atoms with Crippen molar-refractivity contribution in [2.45, 2.75) is 57.8 Å². The van der Waals surface area contributed by atoms with Crippen LogP contribution in [0.25, 0.3) is 0 Å². The maximum Gasteiger partial charge on any atom is 0.223 e. The Bertz CT molecular complexity index is 401. The van der Waals surface area contributed by atoms with Crippen LogP contribution in [0.5, 0.6) is 0 Å². The molecule has 20 heavy (non-hydrogen) atoms. The van der Waals surface area contributed by atoms with Gasteiger partial charge in [0, 0.05) is 12.5 Å². The molecule has 2 rings (SSSR count). The molecule has 0 aromatic heterocycles. The number of unbranched alkanes of at least 4 members (excludes halogenated alkanes) is 5. The van der Waals surface area contributed by atoms with Crippen molar-refractivity contribution in [3.63, 3.8) is 0 Å². The Hall–Kier alpha value is -1.31. The molecule has 110 valence electrons. The average Bonchev–Trinajstić information content (AvgIpc) is 3.27. The van der Waals surface area contributed by atoms with Gasteiger partial charge < -0.3 is 5.32 Å². The maximum atomic E-state index is 12.0. The molecule has 1 saturated carbocycles. The summed E-state index contributed by atoms with van der Waals surface area (Å²) in [7, 11) is 0. The number of hydrogen-bond donors (Lipinski definition) is 1. The van der Waals surface area contributed by atoms with Crippen LogP contribution in [-0.2, 0) is 4.79 Å². The highest BCUT2D eigenvalue weighted by atomic mass is 16.2. The van der Waals surface area contributed by atoms with E-state index in [9.17, 15) is 4.79 Å². The largest absolute Gasteiger partial charge is 0.356 e. The zero-order valence-corrected chi connectivity index (χ0v) is 12.6. The molecular formula is C18H27NO. The predicted octanol–water partition coefficient (Wildman–Crippen LogP) is 4.27. The summed E-state index contributed by atoms with van der Waals surface area (Å²) in [5.41, 5.74) is 1.31. The SMILES string of the molecule is CCCCCCCCNC(=O)[C@@H]1C[C@@H]1c1ccccc1. The number of carbonyl (C=O) groups is 1. The van der Waals surface area contributed by atoms with Gasteiger partial charge in [0.1, 0.15) is 0 Å². The van der Waals surface area contributed by atoms with E-state index in [-0.39, 0.29) is 11.8 Å². The van der Waals surface area contributed by atoms with E-state index in [4.69, 9.17) is 0 Å². The molecule has 1 aliphatic carbocycles. The first-order valence-electron chi connectivity index (χ1n) is 8.15. The molecule has 0 spiro atoms. The Morgan fingerprint density at radius 2 is 1.80 bits per heavy atom. The topological polar surface area (TPSA) is 29.1 Å². The van der Waals surface area contributed by atoms with E-state index in [0.717, 1.165) is 19.4 Å². The highest BCUT2D eigenvalue weighted by Crippen LogP contribution is 2.47. The van der Waals surface area contributed by atoms with Crippen LogP contribution in [0.4, 0.5) is 0 Å². The molecule has 1 amide bonds. The zero-order valence-electron chi connectivity index (χ0n) is 12.6. The van der Waals surface area contributed by atoms with Gasteiger partial charge in [-0.05, 0) is 24.3 Å². The first-order valence-corrected chi connectivity index (χ1v) is 8.15. The van der Waals surface area contributed by atoms with E-state index < -0.39 is 0 Å². The molecule has 1 fully saturated rings. The minimum absolute atomic E-state index is 0.220. The summed E-state index contributed by atoms with van der Waals surface area (Å²) in [5, 5.41) is 3.10. The highest BCUT2D eigenvalue weighted by molar-refractivity contribution is 5.82. The second kappa shape index (κ2) is 8.08. The lowest BCUT2D eigenvalue weighted by Crippen LogP contribution is -2.26. The average molecular weight is 273 g/mol. The van der Waals surface area contributed by atoms with E-state index in [1.54, 1.807) is 0 Å². The lowest BCUT2D eigenvalue weighted by molar-refractivity contribution is -0.122. The zero-order chi connectivity index (χ0) is 14.2. The molecule has 0 heterocycles. The number of amides is 1. The van der Waals surface area contributed by atoms with Crippen LogP contribution < -0.4 is 5.32 Å². The van der Waals surface area contributed by atoms with E-state index in [2.05, 4.69) is 36.5 Å². The third kappa shape index (κ3) is 4.66. The van der Waals surface area contributed by atoms with Crippen molar-refractivity contribution < 1.29 is 4.79 Å². The molecule has 1 aromatic rings. The van der Waals surface area contributed by atoms with E-state index in [0.29, 0.717) is 5.92 Å². The Balaban J connectivity index is 1.56. The van der Waals surface area contributed by atoms with E-state index in [1.807, 2.05) is 6.07 Å². The number of benzene rings is 1. The molecule has 2 atom stereocenters. The number of nitrogens with one attached hydrogen (secondary N) is 1. The summed E-state index contributed by atoms with van der Waals surface area (Å²) < 4.78 is 0. The minimum Gasteiger partial charge on any atom is -0.356 e. The summed E-state index contributed by atoms with van der Waals surface area (Å²) >= 11 is 0. The molecule has 2 nitrogen and oxygen atoms in total. The number of rotatable bonds is 9. The van der Waals surface area contributed by atoms with Gasteiger partial charge in [0.15, 0.2) is 0 Å². The van der Waals surface area contributed by atoms with Crippen LogP contribution in [0.1, 0.15) is 63.4 Å². The third-order valence-electron chi connectivity index (χ3n) is 4.18. The van der Waals surface area contributed by atoms with Crippen LogP contribution in [0.3, 0.4) is 0 Å². The van der Waals surface area contributed by atoms with Crippen molar-refractivity contribution in [2.24, 2.45) is 5.92 Å². The Kier molecular flexibility index (Phi) is 6.10. The van der Waals surface area contributed by atoms with Crippen molar-refractivity contribution in [3.05, 3.63) is 35.9 Å². The molecule has 0 aliphatic heterocycles. The fourth-order valence-corrected chi connectivity index (χ4v) is 2.80. The molecule has 1 aliphatic rings. The molecule has 0 bridgehead atoms. The summed E-state index contributed by atoms with van der Waals surface area (Å²) in [5.74, 6) is 0.936. The molecular weight excluding hydrogens is 246 g/mol. The van der Waals surface area contributed by atoms with Crippen LogP contribution in [-0.4, -0.2) is 12.5 Å². The smallest absolute Gasteiger partial charge is 0.223 e. The van der Waals surface area contributed by atoms with Gasteiger partial charge in [0.2, 0.25) is 5.91 Å². The lowest BCUT2D eigenvalue weighted by atomic mass is 10.1. The minimum atomic E-state index is 0.220. The fraction of sp³-hybridized carbons (Fsp3) is 0.611. The first-order chi connectivity index (χ1) is 9.83. The van der Waals surface area contributed by atoms with Crippen molar-refractivity contribution in [3.8, 4) is 0 Å². The maximum absolute atomic E-state index is 12.0. The van der Waals surface area contributed by atoms with Gasteiger partial charge in [-0.3, -0.25) is 4.79 Å². The van der Waals surface area contributed by atoms with Crippen molar-refractivity contribution in [1.29, 1.82) is 0 Å². The van der Waals surface area contributed by atoms with Crippen LogP contribution in [0.15, 0.2) is 30.3 Å². The summed E-state index contributed by atoms with van der Waals surface area (Å²) in [4.78, 5) is 12.0. The summed E-state index contributed by atoms with van der Waals surface area (Å²) in [6.07, 6.45) is 8.66. The molecule has 0 saturated heterocycles. The molecule has 1 N–H and O–H groups in total. The van der Waals surface area contributed by atoms with Crippen LogP contribution >= 0.6 is 0 Å². The Labute approximate surface area is 123 Å². The summed E-state index contributed by atoms with van der Waals surface area (Å²) in [6.45, 7) is 3.09. The second-order valence-corrected chi connectivity index (χ2v) is 5.92. The third-order valence-corrected chi connectivity index (χ3v) is 4.18.